The minimum Gasteiger partial charge on any atom is -0.350 e. The SMILES string of the molecule is CCC[C@H](C)NC(=O)c1ccc(Cl)c(NS(C)(=O)=O)c1. The number of hydrogen-bond donors (Lipinski definition) is 2. The van der Waals surface area contributed by atoms with Gasteiger partial charge in [0.1, 0.15) is 0 Å². The van der Waals surface area contributed by atoms with E-state index in [9.17, 15) is 13.2 Å². The summed E-state index contributed by atoms with van der Waals surface area (Å²) in [5, 5.41) is 3.09. The van der Waals surface area contributed by atoms with Crippen molar-refractivity contribution in [2.45, 2.75) is 32.7 Å². The predicted molar refractivity (Wildman–Crippen MR) is 81.8 cm³/mol. The maximum absolute atomic E-state index is 12.0. The van der Waals surface area contributed by atoms with Crippen molar-refractivity contribution in [1.82, 2.24) is 5.32 Å². The lowest BCUT2D eigenvalue weighted by molar-refractivity contribution is 0.0938. The molecule has 0 saturated heterocycles. The average molecular weight is 319 g/mol. The van der Waals surface area contributed by atoms with Crippen LogP contribution in [-0.2, 0) is 10.0 Å². The normalized spacial score (nSPS) is 12.8. The summed E-state index contributed by atoms with van der Waals surface area (Å²) in [6.07, 6.45) is 2.89. The van der Waals surface area contributed by atoms with Gasteiger partial charge in [-0.2, -0.15) is 0 Å². The third-order valence-corrected chi connectivity index (χ3v) is 3.54. The molecule has 0 unspecified atom stereocenters. The number of carbonyl (C=O) groups excluding carboxylic acids is 1. The van der Waals surface area contributed by atoms with Crippen LogP contribution >= 0.6 is 11.6 Å². The van der Waals surface area contributed by atoms with E-state index in [2.05, 4.69) is 10.0 Å². The Hall–Kier alpha value is -1.27. The molecule has 1 aromatic carbocycles. The zero-order valence-corrected chi connectivity index (χ0v) is 13.3. The fourth-order valence-electron chi connectivity index (χ4n) is 1.76. The Balaban J connectivity index is 2.92. The van der Waals surface area contributed by atoms with Gasteiger partial charge in [0, 0.05) is 11.6 Å². The first-order valence-electron chi connectivity index (χ1n) is 6.31. The largest absolute Gasteiger partial charge is 0.350 e. The first kappa shape index (κ1) is 16.8. The summed E-state index contributed by atoms with van der Waals surface area (Å²) < 4.78 is 24.7. The maximum atomic E-state index is 12.0. The van der Waals surface area contributed by atoms with Gasteiger partial charge in [0.2, 0.25) is 10.0 Å². The summed E-state index contributed by atoms with van der Waals surface area (Å²) in [5.74, 6) is -0.251. The molecule has 20 heavy (non-hydrogen) atoms. The van der Waals surface area contributed by atoms with Crippen LogP contribution in [0, 0.1) is 0 Å². The molecule has 5 nitrogen and oxygen atoms in total. The van der Waals surface area contributed by atoms with Gasteiger partial charge in [-0.15, -0.1) is 0 Å². The Morgan fingerprint density at radius 2 is 2.05 bits per heavy atom. The van der Waals surface area contributed by atoms with Crippen molar-refractivity contribution in [2.75, 3.05) is 11.0 Å². The fraction of sp³-hybridized carbons (Fsp3) is 0.462. The van der Waals surface area contributed by atoms with Gasteiger partial charge >= 0.3 is 0 Å². The molecular formula is C13H19ClN2O3S. The number of benzene rings is 1. The summed E-state index contributed by atoms with van der Waals surface area (Å²) in [4.78, 5) is 12.0. The molecule has 0 bridgehead atoms. The van der Waals surface area contributed by atoms with E-state index in [4.69, 9.17) is 11.6 Å². The fourth-order valence-corrected chi connectivity index (χ4v) is 2.55. The van der Waals surface area contributed by atoms with Crippen molar-refractivity contribution in [3.8, 4) is 0 Å². The van der Waals surface area contributed by atoms with Crippen molar-refractivity contribution in [1.29, 1.82) is 0 Å². The van der Waals surface area contributed by atoms with E-state index in [1.54, 1.807) is 6.07 Å². The number of anilines is 1. The Kier molecular flexibility index (Phi) is 5.83. The zero-order chi connectivity index (χ0) is 15.3. The molecule has 0 aromatic heterocycles. The molecule has 2 N–H and O–H groups in total. The molecule has 0 heterocycles. The molecule has 0 aliphatic rings. The lowest BCUT2D eigenvalue weighted by Gasteiger charge is -2.14. The van der Waals surface area contributed by atoms with E-state index in [-0.39, 0.29) is 22.7 Å². The van der Waals surface area contributed by atoms with Crippen LogP contribution in [0.2, 0.25) is 5.02 Å². The number of sulfonamides is 1. The van der Waals surface area contributed by atoms with Crippen molar-refractivity contribution >= 4 is 33.2 Å². The first-order chi connectivity index (χ1) is 9.23. The van der Waals surface area contributed by atoms with Crippen molar-refractivity contribution in [3.63, 3.8) is 0 Å². The zero-order valence-electron chi connectivity index (χ0n) is 11.7. The highest BCUT2D eigenvalue weighted by molar-refractivity contribution is 7.92. The summed E-state index contributed by atoms with van der Waals surface area (Å²) in [5.41, 5.74) is 0.563. The highest BCUT2D eigenvalue weighted by Crippen LogP contribution is 2.24. The van der Waals surface area contributed by atoms with Gasteiger partial charge in [-0.1, -0.05) is 24.9 Å². The van der Waals surface area contributed by atoms with Crippen molar-refractivity contribution in [3.05, 3.63) is 28.8 Å². The van der Waals surface area contributed by atoms with Gasteiger partial charge in [0.15, 0.2) is 0 Å². The van der Waals surface area contributed by atoms with Crippen LogP contribution in [0.1, 0.15) is 37.0 Å². The smallest absolute Gasteiger partial charge is 0.251 e. The summed E-state index contributed by atoms with van der Waals surface area (Å²) >= 11 is 5.90. The lowest BCUT2D eigenvalue weighted by atomic mass is 10.1. The van der Waals surface area contributed by atoms with Gasteiger partial charge in [-0.25, -0.2) is 8.42 Å². The summed E-state index contributed by atoms with van der Waals surface area (Å²) in [7, 11) is -3.44. The van der Waals surface area contributed by atoms with Gasteiger partial charge in [-0.05, 0) is 31.5 Å². The monoisotopic (exact) mass is 318 g/mol. The Morgan fingerprint density at radius 3 is 2.60 bits per heavy atom. The molecule has 0 fully saturated rings. The van der Waals surface area contributed by atoms with Crippen LogP contribution in [0.3, 0.4) is 0 Å². The molecule has 7 heteroatoms. The van der Waals surface area contributed by atoms with E-state index >= 15 is 0 Å². The number of halogens is 1. The van der Waals surface area contributed by atoms with Gasteiger partial charge in [-0.3, -0.25) is 9.52 Å². The molecule has 112 valence electrons. The Labute approximate surface area is 124 Å². The van der Waals surface area contributed by atoms with Crippen molar-refractivity contribution < 1.29 is 13.2 Å². The second-order valence-corrected chi connectivity index (χ2v) is 6.89. The number of hydrogen-bond acceptors (Lipinski definition) is 3. The molecule has 0 aliphatic heterocycles. The summed E-state index contributed by atoms with van der Waals surface area (Å²) in [6, 6.07) is 4.55. The third-order valence-electron chi connectivity index (χ3n) is 2.62. The molecule has 1 aromatic rings. The number of rotatable bonds is 6. The maximum Gasteiger partial charge on any atom is 0.251 e. The topological polar surface area (TPSA) is 75.3 Å². The van der Waals surface area contributed by atoms with Crippen LogP contribution in [0.5, 0.6) is 0 Å². The molecule has 1 rings (SSSR count). The Morgan fingerprint density at radius 1 is 1.40 bits per heavy atom. The van der Waals surface area contributed by atoms with E-state index in [0.29, 0.717) is 5.56 Å². The van der Waals surface area contributed by atoms with E-state index in [1.807, 2.05) is 13.8 Å². The molecular weight excluding hydrogens is 300 g/mol. The summed E-state index contributed by atoms with van der Waals surface area (Å²) in [6.45, 7) is 3.96. The van der Waals surface area contributed by atoms with E-state index in [1.165, 1.54) is 12.1 Å². The quantitative estimate of drug-likeness (QED) is 0.846. The van der Waals surface area contributed by atoms with Crippen LogP contribution in [0.4, 0.5) is 5.69 Å². The number of carbonyl (C=O) groups is 1. The van der Waals surface area contributed by atoms with Crippen LogP contribution in [0.15, 0.2) is 18.2 Å². The minimum atomic E-state index is -3.44. The number of amides is 1. The van der Waals surface area contributed by atoms with Crippen LogP contribution in [-0.4, -0.2) is 26.6 Å². The minimum absolute atomic E-state index is 0.0643. The standard InChI is InChI=1S/C13H19ClN2O3S/c1-4-5-9(2)15-13(17)10-6-7-11(14)12(8-10)16-20(3,18)19/h6-9,16H,4-5H2,1-3H3,(H,15,17)/t9-/m0/s1. The second-order valence-electron chi connectivity index (χ2n) is 4.73. The van der Waals surface area contributed by atoms with Crippen molar-refractivity contribution in [2.24, 2.45) is 0 Å². The molecule has 0 radical (unpaired) electrons. The Bertz CT molecular complexity index is 587. The molecule has 0 spiro atoms. The third kappa shape index (κ3) is 5.38. The van der Waals surface area contributed by atoms with E-state index in [0.717, 1.165) is 19.1 Å². The lowest BCUT2D eigenvalue weighted by Crippen LogP contribution is -2.32. The van der Waals surface area contributed by atoms with Gasteiger partial charge < -0.3 is 5.32 Å². The first-order valence-corrected chi connectivity index (χ1v) is 8.58. The molecule has 0 aliphatic carbocycles. The molecule has 0 saturated carbocycles. The molecule has 1 atom stereocenters. The average Bonchev–Trinajstić information content (AvgIpc) is 2.30. The van der Waals surface area contributed by atoms with Crippen LogP contribution < -0.4 is 10.0 Å². The number of nitrogens with one attached hydrogen (secondary N) is 2. The van der Waals surface area contributed by atoms with Gasteiger partial charge in [0.25, 0.3) is 5.91 Å². The van der Waals surface area contributed by atoms with Crippen LogP contribution in [0.25, 0.3) is 0 Å². The highest BCUT2D eigenvalue weighted by atomic mass is 35.5. The highest BCUT2D eigenvalue weighted by Gasteiger charge is 2.13. The second kappa shape index (κ2) is 6.95. The molecule has 1 amide bonds. The van der Waals surface area contributed by atoms with E-state index < -0.39 is 10.0 Å². The predicted octanol–water partition coefficient (Wildman–Crippen LogP) is 2.63. The van der Waals surface area contributed by atoms with Gasteiger partial charge in [0.05, 0.1) is 17.0 Å².